The lowest BCUT2D eigenvalue weighted by molar-refractivity contribution is -0.332. The van der Waals surface area contributed by atoms with Gasteiger partial charge in [-0.2, -0.15) is 0 Å². The third-order valence-corrected chi connectivity index (χ3v) is 10.3. The lowest BCUT2D eigenvalue weighted by atomic mass is 9.98. The molecule has 15 heteroatoms. The topological polar surface area (TPSA) is 231 Å². The van der Waals surface area contributed by atoms with Gasteiger partial charge in [0.15, 0.2) is 18.7 Å². The Kier molecular flexibility index (Phi) is 26.8. The number of unbranched alkanes of at least 4 members (excludes halogenated alkanes) is 17. The average Bonchev–Trinajstić information content (AvgIpc) is 3.18. The van der Waals surface area contributed by atoms with Gasteiger partial charge < -0.3 is 64.2 Å². The number of aliphatic hydroxyl groups is 7. The molecule has 0 bridgehead atoms. The largest absolute Gasteiger partial charge is 0.462 e. The lowest BCUT2D eigenvalue weighted by Crippen LogP contribution is -2.61. The zero-order chi connectivity index (χ0) is 40.4. The van der Waals surface area contributed by atoms with Crippen molar-refractivity contribution in [2.75, 3.05) is 26.4 Å². The monoisotopic (exact) mass is 795 g/mol. The predicted molar refractivity (Wildman–Crippen MR) is 201 cm³/mol. The number of hydrogen-bond donors (Lipinski definition) is 7. The van der Waals surface area contributed by atoms with Gasteiger partial charge in [0.2, 0.25) is 0 Å². The van der Waals surface area contributed by atoms with Crippen LogP contribution in [0.5, 0.6) is 0 Å². The predicted octanol–water partition coefficient (Wildman–Crippen LogP) is 3.31. The molecule has 11 atom stereocenters. The molecule has 4 unspecified atom stereocenters. The van der Waals surface area contributed by atoms with E-state index in [0.29, 0.717) is 12.8 Å². The summed E-state index contributed by atoms with van der Waals surface area (Å²) < 4.78 is 33.3. The van der Waals surface area contributed by atoms with E-state index in [2.05, 4.69) is 13.8 Å². The van der Waals surface area contributed by atoms with Crippen LogP contribution in [0, 0.1) is 0 Å². The minimum Gasteiger partial charge on any atom is -0.462 e. The molecule has 0 aromatic carbocycles. The van der Waals surface area contributed by atoms with Crippen LogP contribution in [0.2, 0.25) is 0 Å². The van der Waals surface area contributed by atoms with Gasteiger partial charge in [0.05, 0.1) is 19.8 Å². The van der Waals surface area contributed by atoms with Gasteiger partial charge in [-0.1, -0.05) is 123 Å². The summed E-state index contributed by atoms with van der Waals surface area (Å²) in [5.41, 5.74) is 0. The first-order valence-corrected chi connectivity index (χ1v) is 21.1. The summed E-state index contributed by atoms with van der Waals surface area (Å²) in [4.78, 5) is 25.4. The minimum atomic E-state index is -1.76. The second-order valence-electron chi connectivity index (χ2n) is 15.2. The minimum absolute atomic E-state index is 0.171. The maximum atomic E-state index is 12.8. The SMILES string of the molecule is CCCCCCCCCCCCCC(=O)O[C@H](COC(=O)CCCCCCCCCC)CO[C@@H]1O[C@H](CO[C@@H]2O[C@H](CO)[C@H](O)C(O)C2O)[C@H](O)C(O)C1O. The van der Waals surface area contributed by atoms with Gasteiger partial charge in [-0.15, -0.1) is 0 Å². The van der Waals surface area contributed by atoms with Crippen molar-refractivity contribution in [3.05, 3.63) is 0 Å². The van der Waals surface area contributed by atoms with Crippen molar-refractivity contribution in [1.29, 1.82) is 0 Å². The van der Waals surface area contributed by atoms with Gasteiger partial charge in [-0.05, 0) is 12.8 Å². The van der Waals surface area contributed by atoms with Crippen molar-refractivity contribution in [2.45, 2.75) is 216 Å². The van der Waals surface area contributed by atoms with Crippen LogP contribution in [0.25, 0.3) is 0 Å². The molecule has 0 aromatic heterocycles. The quantitative estimate of drug-likeness (QED) is 0.0394. The fraction of sp³-hybridized carbons (Fsp3) is 0.950. The van der Waals surface area contributed by atoms with E-state index in [0.717, 1.165) is 38.5 Å². The number of hydrogen-bond acceptors (Lipinski definition) is 15. The summed E-state index contributed by atoms with van der Waals surface area (Å²) in [7, 11) is 0. The summed E-state index contributed by atoms with van der Waals surface area (Å²) >= 11 is 0. The molecular weight excluding hydrogens is 720 g/mol. The number of ether oxygens (including phenoxy) is 6. The standard InChI is InChI=1S/C40H74O15/c1-3-5-7-9-11-13-14-15-17-19-21-23-32(43)53-28(25-50-31(42)22-20-18-16-12-10-8-6-4-2)26-51-39-38(49)36(47)34(45)30(55-39)27-52-40-37(48)35(46)33(44)29(24-41)54-40/h28-30,33-41,44-49H,3-27H2,1-2H3/t28-,29-,30-,33+,34+,35?,36?,37?,38?,39-,40-/m1/s1. The summed E-state index contributed by atoms with van der Waals surface area (Å²) in [5.74, 6) is -0.926. The first-order valence-electron chi connectivity index (χ1n) is 21.1. The maximum absolute atomic E-state index is 12.8. The second kappa shape index (κ2) is 29.7. The third-order valence-electron chi connectivity index (χ3n) is 10.3. The van der Waals surface area contributed by atoms with Crippen LogP contribution in [-0.4, -0.2) is 142 Å². The fourth-order valence-electron chi connectivity index (χ4n) is 6.74. The van der Waals surface area contributed by atoms with Crippen molar-refractivity contribution in [3.8, 4) is 0 Å². The van der Waals surface area contributed by atoms with Gasteiger partial charge in [-0.25, -0.2) is 0 Å². The lowest BCUT2D eigenvalue weighted by Gasteiger charge is -2.42. The molecule has 0 saturated carbocycles. The van der Waals surface area contributed by atoms with E-state index in [1.165, 1.54) is 70.6 Å². The molecule has 0 amide bonds. The molecule has 0 spiro atoms. The van der Waals surface area contributed by atoms with Crippen molar-refractivity contribution in [1.82, 2.24) is 0 Å². The molecule has 2 rings (SSSR count). The highest BCUT2D eigenvalue weighted by Crippen LogP contribution is 2.26. The summed E-state index contributed by atoms with van der Waals surface area (Å²) in [6, 6.07) is 0. The number of carbonyl (C=O) groups excluding carboxylic acids is 2. The number of esters is 2. The molecule has 2 fully saturated rings. The number of carbonyl (C=O) groups is 2. The van der Waals surface area contributed by atoms with Crippen LogP contribution in [0.1, 0.15) is 149 Å². The Morgan fingerprint density at radius 1 is 0.509 bits per heavy atom. The Hall–Kier alpha value is -1.50. The molecule has 15 nitrogen and oxygen atoms in total. The van der Waals surface area contributed by atoms with E-state index in [-0.39, 0.29) is 26.1 Å². The van der Waals surface area contributed by atoms with E-state index in [1.54, 1.807) is 0 Å². The van der Waals surface area contributed by atoms with Crippen LogP contribution >= 0.6 is 0 Å². The van der Waals surface area contributed by atoms with E-state index in [1.807, 2.05) is 0 Å². The summed E-state index contributed by atoms with van der Waals surface area (Å²) in [6.07, 6.45) is 4.62. The summed E-state index contributed by atoms with van der Waals surface area (Å²) in [6.45, 7) is 2.52. The maximum Gasteiger partial charge on any atom is 0.306 e. The molecule has 2 aliphatic heterocycles. The molecule has 0 radical (unpaired) electrons. The number of rotatable bonds is 31. The first-order chi connectivity index (χ1) is 26.5. The zero-order valence-corrected chi connectivity index (χ0v) is 33.4. The molecule has 324 valence electrons. The highest BCUT2D eigenvalue weighted by Gasteiger charge is 2.47. The fourth-order valence-corrected chi connectivity index (χ4v) is 6.74. The van der Waals surface area contributed by atoms with Crippen LogP contribution in [-0.2, 0) is 38.0 Å². The van der Waals surface area contributed by atoms with Gasteiger partial charge in [-0.3, -0.25) is 9.59 Å². The Morgan fingerprint density at radius 2 is 0.927 bits per heavy atom. The molecule has 0 aliphatic carbocycles. The molecule has 2 heterocycles. The Bertz CT molecular complexity index is 986. The van der Waals surface area contributed by atoms with E-state index < -0.39 is 92.7 Å². The molecule has 0 aromatic rings. The second-order valence-corrected chi connectivity index (χ2v) is 15.2. The van der Waals surface area contributed by atoms with Gasteiger partial charge in [0.1, 0.15) is 55.4 Å². The Balaban J connectivity index is 1.89. The third kappa shape index (κ3) is 19.7. The van der Waals surface area contributed by atoms with E-state index in [9.17, 15) is 45.3 Å². The normalized spacial score (nSPS) is 28.9. The first kappa shape index (κ1) is 49.6. The summed E-state index contributed by atoms with van der Waals surface area (Å²) in [5, 5.41) is 71.6. The van der Waals surface area contributed by atoms with Gasteiger partial charge in [0.25, 0.3) is 0 Å². The Morgan fingerprint density at radius 3 is 1.42 bits per heavy atom. The van der Waals surface area contributed by atoms with Crippen LogP contribution in [0.4, 0.5) is 0 Å². The zero-order valence-electron chi connectivity index (χ0n) is 33.4. The van der Waals surface area contributed by atoms with Crippen molar-refractivity contribution in [3.63, 3.8) is 0 Å². The van der Waals surface area contributed by atoms with Crippen LogP contribution in [0.3, 0.4) is 0 Å². The van der Waals surface area contributed by atoms with E-state index in [4.69, 9.17) is 28.4 Å². The molecule has 55 heavy (non-hydrogen) atoms. The number of aliphatic hydroxyl groups excluding tert-OH is 7. The Labute approximate surface area is 328 Å². The van der Waals surface area contributed by atoms with Gasteiger partial charge >= 0.3 is 11.9 Å². The van der Waals surface area contributed by atoms with Crippen molar-refractivity contribution >= 4 is 11.9 Å². The van der Waals surface area contributed by atoms with Gasteiger partial charge in [0, 0.05) is 12.8 Å². The molecule has 7 N–H and O–H groups in total. The van der Waals surface area contributed by atoms with E-state index >= 15 is 0 Å². The highest BCUT2D eigenvalue weighted by atomic mass is 16.7. The van der Waals surface area contributed by atoms with Crippen LogP contribution < -0.4 is 0 Å². The highest BCUT2D eigenvalue weighted by molar-refractivity contribution is 5.70. The molecule has 2 aliphatic rings. The van der Waals surface area contributed by atoms with Crippen molar-refractivity contribution in [2.24, 2.45) is 0 Å². The average molecular weight is 795 g/mol. The van der Waals surface area contributed by atoms with Crippen molar-refractivity contribution < 1.29 is 73.8 Å². The smallest absolute Gasteiger partial charge is 0.306 e. The van der Waals surface area contributed by atoms with Crippen LogP contribution in [0.15, 0.2) is 0 Å². The molecule has 2 saturated heterocycles. The molecular formula is C40H74O15.